The molecule has 3 heteroatoms. The second-order valence-electron chi connectivity index (χ2n) is 4.68. The third-order valence-electron chi connectivity index (χ3n) is 3.01. The van der Waals surface area contributed by atoms with Crippen LogP contribution in [0.1, 0.15) is 40.5 Å². The maximum atomic E-state index is 10.9. The van der Waals surface area contributed by atoms with Gasteiger partial charge in [0, 0.05) is 6.04 Å². The minimum Gasteiger partial charge on any atom is -0.481 e. The molecule has 1 atom stereocenters. The highest BCUT2D eigenvalue weighted by molar-refractivity contribution is 5.73. The summed E-state index contributed by atoms with van der Waals surface area (Å²) in [5.74, 6) is -0.713. The van der Waals surface area contributed by atoms with E-state index in [4.69, 9.17) is 5.11 Å². The Hall–Kier alpha value is -0.570. The van der Waals surface area contributed by atoms with Crippen molar-refractivity contribution in [1.82, 2.24) is 4.90 Å². The van der Waals surface area contributed by atoms with Crippen molar-refractivity contribution in [3.63, 3.8) is 0 Å². The van der Waals surface area contributed by atoms with Crippen LogP contribution in [-0.4, -0.2) is 35.6 Å². The van der Waals surface area contributed by atoms with Crippen molar-refractivity contribution in [2.24, 2.45) is 5.41 Å². The summed E-state index contributed by atoms with van der Waals surface area (Å²) in [5.41, 5.74) is -0.609. The summed E-state index contributed by atoms with van der Waals surface area (Å²) in [6.07, 6.45) is 1.80. The summed E-state index contributed by atoms with van der Waals surface area (Å²) in [6.45, 7) is 8.70. The predicted molar refractivity (Wildman–Crippen MR) is 58.4 cm³/mol. The number of carboxylic acids is 1. The molecule has 0 heterocycles. The molecule has 0 aromatic heterocycles. The lowest BCUT2D eigenvalue weighted by atomic mass is 9.89. The van der Waals surface area contributed by atoms with Crippen molar-refractivity contribution in [3.05, 3.63) is 0 Å². The van der Waals surface area contributed by atoms with Crippen LogP contribution in [0.15, 0.2) is 0 Å². The number of nitrogens with zero attached hydrogens (tertiary/aromatic N) is 1. The fourth-order valence-electron chi connectivity index (χ4n) is 1.09. The lowest BCUT2D eigenvalue weighted by Crippen LogP contribution is -2.34. The third kappa shape index (κ3) is 4.09. The van der Waals surface area contributed by atoms with E-state index in [-0.39, 0.29) is 0 Å². The first-order valence-electron chi connectivity index (χ1n) is 5.25. The molecule has 84 valence electrons. The van der Waals surface area contributed by atoms with Crippen LogP contribution in [-0.2, 0) is 4.79 Å². The smallest absolute Gasteiger partial charge is 0.309 e. The van der Waals surface area contributed by atoms with Crippen molar-refractivity contribution >= 4 is 5.97 Å². The molecule has 1 N–H and O–H groups in total. The van der Waals surface area contributed by atoms with Crippen LogP contribution in [0.2, 0.25) is 0 Å². The van der Waals surface area contributed by atoms with Crippen molar-refractivity contribution in [3.8, 4) is 0 Å². The second-order valence-corrected chi connectivity index (χ2v) is 4.68. The van der Waals surface area contributed by atoms with Gasteiger partial charge in [-0.15, -0.1) is 0 Å². The zero-order valence-corrected chi connectivity index (χ0v) is 10.0. The molecular formula is C11H23NO2. The second kappa shape index (κ2) is 5.35. The van der Waals surface area contributed by atoms with Gasteiger partial charge in [0.25, 0.3) is 0 Å². The first-order chi connectivity index (χ1) is 6.31. The van der Waals surface area contributed by atoms with Gasteiger partial charge in [-0.2, -0.15) is 0 Å². The largest absolute Gasteiger partial charge is 0.481 e. The molecule has 0 saturated carbocycles. The van der Waals surface area contributed by atoms with E-state index in [1.165, 1.54) is 0 Å². The fraction of sp³-hybridized carbons (Fsp3) is 0.909. The Labute approximate surface area is 87.1 Å². The van der Waals surface area contributed by atoms with Crippen molar-refractivity contribution in [1.29, 1.82) is 0 Å². The zero-order chi connectivity index (χ0) is 11.4. The van der Waals surface area contributed by atoms with Gasteiger partial charge in [-0.1, -0.05) is 6.92 Å². The van der Waals surface area contributed by atoms with E-state index in [0.29, 0.717) is 12.5 Å². The summed E-state index contributed by atoms with van der Waals surface area (Å²) in [7, 11) is 2.05. The zero-order valence-electron chi connectivity index (χ0n) is 10.0. The first-order valence-corrected chi connectivity index (χ1v) is 5.25. The van der Waals surface area contributed by atoms with Gasteiger partial charge >= 0.3 is 5.97 Å². The van der Waals surface area contributed by atoms with Crippen LogP contribution in [0.5, 0.6) is 0 Å². The summed E-state index contributed by atoms with van der Waals surface area (Å²) in [5, 5.41) is 8.93. The maximum Gasteiger partial charge on any atom is 0.309 e. The summed E-state index contributed by atoms with van der Waals surface area (Å²) in [6, 6.07) is 0.527. The quantitative estimate of drug-likeness (QED) is 0.716. The van der Waals surface area contributed by atoms with E-state index in [9.17, 15) is 4.79 Å². The molecule has 0 aromatic carbocycles. The van der Waals surface area contributed by atoms with Crippen molar-refractivity contribution < 1.29 is 9.90 Å². The molecular weight excluding hydrogens is 178 g/mol. The van der Waals surface area contributed by atoms with Crippen LogP contribution < -0.4 is 0 Å². The van der Waals surface area contributed by atoms with Crippen LogP contribution in [0.3, 0.4) is 0 Å². The highest BCUT2D eigenvalue weighted by Gasteiger charge is 2.27. The highest BCUT2D eigenvalue weighted by atomic mass is 16.4. The van der Waals surface area contributed by atoms with E-state index in [0.717, 1.165) is 13.0 Å². The van der Waals surface area contributed by atoms with Crippen LogP contribution in [0.4, 0.5) is 0 Å². The van der Waals surface area contributed by atoms with Crippen molar-refractivity contribution in [2.45, 2.75) is 46.6 Å². The molecule has 0 aliphatic carbocycles. The molecule has 0 aliphatic heterocycles. The van der Waals surface area contributed by atoms with Gasteiger partial charge < -0.3 is 10.0 Å². The molecule has 3 nitrogen and oxygen atoms in total. The Morgan fingerprint density at radius 2 is 2.00 bits per heavy atom. The van der Waals surface area contributed by atoms with Crippen LogP contribution in [0.25, 0.3) is 0 Å². The number of carbonyl (C=O) groups is 1. The third-order valence-corrected chi connectivity index (χ3v) is 3.01. The predicted octanol–water partition coefficient (Wildman–Crippen LogP) is 2.22. The molecule has 0 bridgehead atoms. The summed E-state index contributed by atoms with van der Waals surface area (Å²) >= 11 is 0. The molecule has 0 aromatic rings. The Bertz CT molecular complexity index is 190. The molecule has 0 saturated heterocycles. The van der Waals surface area contributed by atoms with Gasteiger partial charge in [0.2, 0.25) is 0 Å². The summed E-state index contributed by atoms with van der Waals surface area (Å²) < 4.78 is 0. The van der Waals surface area contributed by atoms with Gasteiger partial charge in [0.1, 0.15) is 0 Å². The molecule has 0 fully saturated rings. The standard InChI is InChI=1S/C11H23NO2/c1-6-9(2)12(5)8-7-11(3,4)10(13)14/h9H,6-8H2,1-5H3,(H,13,14). The van der Waals surface area contributed by atoms with Crippen molar-refractivity contribution in [2.75, 3.05) is 13.6 Å². The number of carboxylic acid groups (broad SMARTS) is 1. The number of aliphatic carboxylic acids is 1. The van der Waals surface area contributed by atoms with E-state index in [1.807, 2.05) is 7.05 Å². The topological polar surface area (TPSA) is 40.5 Å². The molecule has 0 rings (SSSR count). The van der Waals surface area contributed by atoms with E-state index >= 15 is 0 Å². The highest BCUT2D eigenvalue weighted by Crippen LogP contribution is 2.21. The lowest BCUT2D eigenvalue weighted by Gasteiger charge is -2.27. The van der Waals surface area contributed by atoms with Gasteiger partial charge in [-0.25, -0.2) is 0 Å². The van der Waals surface area contributed by atoms with Gasteiger partial charge in [-0.3, -0.25) is 4.79 Å². The number of rotatable bonds is 6. The molecule has 0 amide bonds. The average molecular weight is 201 g/mol. The fourth-order valence-corrected chi connectivity index (χ4v) is 1.09. The van der Waals surface area contributed by atoms with Crippen LogP contribution in [0, 0.1) is 5.41 Å². The van der Waals surface area contributed by atoms with Gasteiger partial charge in [-0.05, 0) is 47.2 Å². The van der Waals surface area contributed by atoms with E-state index in [2.05, 4.69) is 18.7 Å². The van der Waals surface area contributed by atoms with Gasteiger partial charge in [0.05, 0.1) is 5.41 Å². The summed E-state index contributed by atoms with van der Waals surface area (Å²) in [4.78, 5) is 13.1. The number of hydrogen-bond acceptors (Lipinski definition) is 2. The minimum absolute atomic E-state index is 0.527. The molecule has 1 unspecified atom stereocenters. The minimum atomic E-state index is -0.713. The Morgan fingerprint density at radius 3 is 2.36 bits per heavy atom. The Kier molecular flexibility index (Phi) is 5.13. The van der Waals surface area contributed by atoms with Gasteiger partial charge in [0.15, 0.2) is 0 Å². The van der Waals surface area contributed by atoms with E-state index in [1.54, 1.807) is 13.8 Å². The molecule has 0 spiro atoms. The first kappa shape index (κ1) is 13.4. The monoisotopic (exact) mass is 201 g/mol. The van der Waals surface area contributed by atoms with Crippen LogP contribution >= 0.6 is 0 Å². The molecule has 14 heavy (non-hydrogen) atoms. The molecule has 0 radical (unpaired) electrons. The number of hydrogen-bond donors (Lipinski definition) is 1. The normalized spacial score (nSPS) is 14.4. The van der Waals surface area contributed by atoms with E-state index < -0.39 is 11.4 Å². The Balaban J connectivity index is 3.99. The SMILES string of the molecule is CCC(C)N(C)CCC(C)(C)C(=O)O. The lowest BCUT2D eigenvalue weighted by molar-refractivity contribution is -0.147. The maximum absolute atomic E-state index is 10.9. The molecule has 0 aliphatic rings. The Morgan fingerprint density at radius 1 is 1.50 bits per heavy atom. The average Bonchev–Trinajstić information content (AvgIpc) is 2.12.